The van der Waals surface area contributed by atoms with Crippen molar-refractivity contribution < 1.29 is 9.32 Å². The first-order valence-electron chi connectivity index (χ1n) is 8.93. The van der Waals surface area contributed by atoms with Crippen LogP contribution < -0.4 is 5.32 Å². The minimum Gasteiger partial charge on any atom is -0.349 e. The highest BCUT2D eigenvalue weighted by Crippen LogP contribution is 2.44. The number of nitrogens with one attached hydrogen (secondary N) is 1. The van der Waals surface area contributed by atoms with Crippen LogP contribution in [-0.2, 0) is 0 Å². The largest absolute Gasteiger partial charge is 0.349 e. The van der Waals surface area contributed by atoms with Gasteiger partial charge < -0.3 is 9.84 Å². The fourth-order valence-electron chi connectivity index (χ4n) is 3.98. The molecule has 2 aliphatic rings. The lowest BCUT2D eigenvalue weighted by molar-refractivity contribution is 0.0947. The quantitative estimate of drug-likeness (QED) is 0.929. The van der Waals surface area contributed by atoms with Gasteiger partial charge >= 0.3 is 0 Å². The summed E-state index contributed by atoms with van der Waals surface area (Å²) in [6, 6.07) is 7.76. The maximum Gasteiger partial charge on any atom is 0.258 e. The molecule has 5 nitrogen and oxygen atoms in total. The lowest BCUT2D eigenvalue weighted by Gasteiger charge is -2.21. The summed E-state index contributed by atoms with van der Waals surface area (Å²) >= 11 is 0. The van der Waals surface area contributed by atoms with E-state index in [1.165, 1.54) is 32.1 Å². The number of hydrogen-bond donors (Lipinski definition) is 1. The van der Waals surface area contributed by atoms with Crippen LogP contribution in [0.1, 0.15) is 54.7 Å². The second kappa shape index (κ2) is 6.38. The maximum absolute atomic E-state index is 12.7. The molecule has 2 aromatic rings. The van der Waals surface area contributed by atoms with Crippen LogP contribution >= 0.6 is 0 Å². The Morgan fingerprint density at radius 1 is 1.21 bits per heavy atom. The van der Waals surface area contributed by atoms with Gasteiger partial charge in [0.25, 0.3) is 11.8 Å². The first kappa shape index (κ1) is 15.4. The van der Waals surface area contributed by atoms with Crippen molar-refractivity contribution in [1.82, 2.24) is 15.5 Å². The molecule has 2 fully saturated rings. The molecule has 5 heteroatoms. The van der Waals surface area contributed by atoms with Gasteiger partial charge in [-0.25, -0.2) is 0 Å². The SMILES string of the molecule is Cc1noc(-c2ccccc2C(=O)N[C@@H]2C[C@H]2C2CCCCC2)n1. The third-order valence-corrected chi connectivity index (χ3v) is 5.34. The molecule has 1 N–H and O–H groups in total. The standard InChI is InChI=1S/C19H23N3O2/c1-12-20-19(24-22-12)15-10-6-5-9-14(15)18(23)21-17-11-16(17)13-7-3-2-4-8-13/h5-6,9-10,13,16-17H,2-4,7-8,11H2,1H3,(H,21,23)/t16-,17+/m0/s1. The minimum atomic E-state index is -0.0373. The van der Waals surface area contributed by atoms with Crippen LogP contribution in [0.25, 0.3) is 11.5 Å². The summed E-state index contributed by atoms with van der Waals surface area (Å²) in [4.78, 5) is 17.0. The smallest absolute Gasteiger partial charge is 0.258 e. The van der Waals surface area contributed by atoms with Crippen molar-refractivity contribution in [3.8, 4) is 11.5 Å². The lowest BCUT2D eigenvalue weighted by atomic mass is 9.85. The van der Waals surface area contributed by atoms with Crippen molar-refractivity contribution in [2.75, 3.05) is 0 Å². The third kappa shape index (κ3) is 3.07. The molecule has 2 aliphatic carbocycles. The summed E-state index contributed by atoms with van der Waals surface area (Å²) in [5.41, 5.74) is 1.31. The number of benzene rings is 1. The predicted octanol–water partition coefficient (Wildman–Crippen LogP) is 3.74. The fourth-order valence-corrected chi connectivity index (χ4v) is 3.98. The van der Waals surface area contributed by atoms with Crippen LogP contribution in [0.4, 0.5) is 0 Å². The summed E-state index contributed by atoms with van der Waals surface area (Å²) in [5, 5.41) is 7.03. The molecule has 4 rings (SSSR count). The number of rotatable bonds is 4. The number of nitrogens with zero attached hydrogens (tertiary/aromatic N) is 2. The Morgan fingerprint density at radius 2 is 2.00 bits per heavy atom. The van der Waals surface area contributed by atoms with Crippen molar-refractivity contribution in [2.45, 2.75) is 51.5 Å². The van der Waals surface area contributed by atoms with Gasteiger partial charge in [0, 0.05) is 6.04 Å². The summed E-state index contributed by atoms with van der Waals surface area (Å²) in [7, 11) is 0. The van der Waals surface area contributed by atoms with E-state index in [-0.39, 0.29) is 5.91 Å². The van der Waals surface area contributed by atoms with Crippen LogP contribution in [0.15, 0.2) is 28.8 Å². The van der Waals surface area contributed by atoms with Crippen molar-refractivity contribution >= 4 is 5.91 Å². The molecule has 0 aliphatic heterocycles. The molecule has 1 aromatic carbocycles. The number of carbonyl (C=O) groups excluding carboxylic acids is 1. The Bertz CT molecular complexity index is 734. The molecule has 24 heavy (non-hydrogen) atoms. The van der Waals surface area contributed by atoms with E-state index in [0.29, 0.717) is 34.8 Å². The zero-order valence-corrected chi connectivity index (χ0v) is 14.0. The van der Waals surface area contributed by atoms with Gasteiger partial charge in [0.05, 0.1) is 11.1 Å². The van der Waals surface area contributed by atoms with Gasteiger partial charge in [0.2, 0.25) is 0 Å². The van der Waals surface area contributed by atoms with Crippen molar-refractivity contribution in [2.24, 2.45) is 11.8 Å². The van der Waals surface area contributed by atoms with E-state index < -0.39 is 0 Å². The second-order valence-corrected chi connectivity index (χ2v) is 7.07. The molecule has 0 bridgehead atoms. The van der Waals surface area contributed by atoms with E-state index in [2.05, 4.69) is 15.5 Å². The number of hydrogen-bond acceptors (Lipinski definition) is 4. The normalized spacial score (nSPS) is 23.9. The second-order valence-electron chi connectivity index (χ2n) is 7.07. The van der Waals surface area contributed by atoms with Crippen LogP contribution in [-0.4, -0.2) is 22.1 Å². The molecule has 0 unspecified atom stereocenters. The summed E-state index contributed by atoms with van der Waals surface area (Å²) in [5.74, 6) is 2.41. The molecular weight excluding hydrogens is 302 g/mol. The van der Waals surface area contributed by atoms with Crippen LogP contribution in [0.2, 0.25) is 0 Å². The molecule has 0 radical (unpaired) electrons. The van der Waals surface area contributed by atoms with Crippen molar-refractivity contribution in [3.05, 3.63) is 35.7 Å². The Morgan fingerprint density at radius 3 is 2.75 bits per heavy atom. The summed E-state index contributed by atoms with van der Waals surface area (Å²) < 4.78 is 5.24. The monoisotopic (exact) mass is 325 g/mol. The van der Waals surface area contributed by atoms with Gasteiger partial charge in [-0.15, -0.1) is 0 Å². The summed E-state index contributed by atoms with van der Waals surface area (Å²) in [6.45, 7) is 1.77. The average Bonchev–Trinajstić information content (AvgIpc) is 3.25. The highest BCUT2D eigenvalue weighted by Gasteiger charge is 2.44. The van der Waals surface area contributed by atoms with Gasteiger partial charge in [0.1, 0.15) is 0 Å². The van der Waals surface area contributed by atoms with Gasteiger partial charge in [-0.05, 0) is 37.3 Å². The molecule has 2 atom stereocenters. The predicted molar refractivity (Wildman–Crippen MR) is 90.4 cm³/mol. The highest BCUT2D eigenvalue weighted by molar-refractivity contribution is 6.00. The number of aromatic nitrogens is 2. The van der Waals surface area contributed by atoms with Crippen LogP contribution in [0.5, 0.6) is 0 Å². The van der Waals surface area contributed by atoms with Gasteiger partial charge in [-0.2, -0.15) is 4.98 Å². The van der Waals surface area contributed by atoms with E-state index in [1.807, 2.05) is 24.3 Å². The molecule has 2 saturated carbocycles. The third-order valence-electron chi connectivity index (χ3n) is 5.34. The van der Waals surface area contributed by atoms with E-state index >= 15 is 0 Å². The van der Waals surface area contributed by atoms with Crippen LogP contribution in [0, 0.1) is 18.8 Å². The van der Waals surface area contributed by atoms with Crippen molar-refractivity contribution in [3.63, 3.8) is 0 Å². The Balaban J connectivity index is 1.46. The van der Waals surface area contributed by atoms with E-state index in [0.717, 1.165) is 12.3 Å². The molecule has 126 valence electrons. The number of amides is 1. The van der Waals surface area contributed by atoms with E-state index in [4.69, 9.17) is 4.52 Å². The van der Waals surface area contributed by atoms with Gasteiger partial charge in [-0.3, -0.25) is 4.79 Å². The highest BCUT2D eigenvalue weighted by atomic mass is 16.5. The first-order chi connectivity index (χ1) is 11.7. The van der Waals surface area contributed by atoms with E-state index in [9.17, 15) is 4.79 Å². The average molecular weight is 325 g/mol. The summed E-state index contributed by atoms with van der Waals surface area (Å²) in [6.07, 6.45) is 7.85. The number of carbonyl (C=O) groups is 1. The lowest BCUT2D eigenvalue weighted by Crippen LogP contribution is -2.28. The molecule has 1 amide bonds. The zero-order valence-electron chi connectivity index (χ0n) is 14.0. The maximum atomic E-state index is 12.7. The first-order valence-corrected chi connectivity index (χ1v) is 8.93. The topological polar surface area (TPSA) is 68.0 Å². The fraction of sp³-hybridized carbons (Fsp3) is 0.526. The minimum absolute atomic E-state index is 0.0373. The zero-order chi connectivity index (χ0) is 16.5. The molecule has 1 aromatic heterocycles. The molecule has 0 saturated heterocycles. The van der Waals surface area contributed by atoms with Gasteiger partial charge in [0.15, 0.2) is 5.82 Å². The van der Waals surface area contributed by atoms with Crippen LogP contribution in [0.3, 0.4) is 0 Å². The Labute approximate surface area is 141 Å². The van der Waals surface area contributed by atoms with E-state index in [1.54, 1.807) is 6.92 Å². The van der Waals surface area contributed by atoms with Gasteiger partial charge in [-0.1, -0.05) is 49.4 Å². The Kier molecular flexibility index (Phi) is 4.08. The molecule has 0 spiro atoms. The molecule has 1 heterocycles. The molecular formula is C19H23N3O2. The Hall–Kier alpha value is -2.17. The van der Waals surface area contributed by atoms with Crippen molar-refractivity contribution in [1.29, 1.82) is 0 Å². The number of aryl methyl sites for hydroxylation is 1.